The van der Waals surface area contributed by atoms with E-state index in [2.05, 4.69) is 76.6 Å². The molecule has 10 rings (SSSR count). The van der Waals surface area contributed by atoms with E-state index in [0.717, 1.165) is 73.2 Å². The fraction of sp³-hybridized carbons (Fsp3) is 0.277. The Hall–Kier alpha value is -6.74. The molecular formula is C65H68O6S2. The molecule has 0 bridgehead atoms. The Bertz CT molecular complexity index is 3220. The number of esters is 1. The summed E-state index contributed by atoms with van der Waals surface area (Å²) in [5.41, 5.74) is 9.77. The van der Waals surface area contributed by atoms with Gasteiger partial charge in [0.1, 0.15) is 0 Å². The minimum Gasteiger partial charge on any atom is -0.465 e. The maximum atomic E-state index is 12.6. The standard InChI is InChI=1S/C17H16OS.C16H16O.C15H12O3.C13H14OS.C4H10/c1-3-11-9-12(4-2)17-14(10-11)16(18)13-7-5-6-8-15(13)19-17;1-11-9-12(2)15(13(3)10-11)16(17)14-7-5-4-6-8-14;1-18-15(17)13-10-6-5-9-12(13)14(16)11-7-3-2-4-8-11;14-13-9-5-1-3-7-11(9)15-12-8-4-2-6-10(12)13;1-4(2)3/h5-10H,3-4H2,1-2H3;4-10H,1-3H3;2-10H,1H3;1,3,5,7,10,12H,2,4,6,8H2;4H,1-3H3. The molecule has 0 saturated heterocycles. The van der Waals surface area contributed by atoms with Crippen LogP contribution in [0.3, 0.4) is 0 Å². The average Bonchev–Trinajstić information content (AvgIpc) is 3.41. The highest BCUT2D eigenvalue weighted by Gasteiger charge is 2.37. The van der Waals surface area contributed by atoms with Crippen LogP contribution in [-0.4, -0.2) is 35.7 Å². The van der Waals surface area contributed by atoms with Crippen molar-refractivity contribution in [2.45, 2.75) is 104 Å². The van der Waals surface area contributed by atoms with E-state index in [0.29, 0.717) is 28.1 Å². The summed E-state index contributed by atoms with van der Waals surface area (Å²) in [4.78, 5) is 62.3. The van der Waals surface area contributed by atoms with Crippen LogP contribution in [0.2, 0.25) is 0 Å². The Morgan fingerprint density at radius 1 is 0.616 bits per heavy atom. The Morgan fingerprint density at radius 3 is 1.78 bits per heavy atom. The Morgan fingerprint density at radius 2 is 1.16 bits per heavy atom. The lowest BCUT2D eigenvalue weighted by Crippen LogP contribution is -2.32. The first kappa shape index (κ1) is 55.6. The second-order valence-electron chi connectivity index (χ2n) is 19.1. The Balaban J connectivity index is 0.000000155. The van der Waals surface area contributed by atoms with E-state index in [9.17, 15) is 24.0 Å². The summed E-state index contributed by atoms with van der Waals surface area (Å²) in [6.07, 6.45) is 6.79. The van der Waals surface area contributed by atoms with Crippen molar-refractivity contribution >= 4 is 66.6 Å². The molecule has 73 heavy (non-hydrogen) atoms. The fourth-order valence-corrected chi connectivity index (χ4v) is 11.9. The molecule has 1 fully saturated rings. The minimum atomic E-state index is -0.505. The van der Waals surface area contributed by atoms with Crippen molar-refractivity contribution in [1.29, 1.82) is 0 Å². The average molecular weight is 1010 g/mol. The first-order valence-corrected chi connectivity index (χ1v) is 27.1. The van der Waals surface area contributed by atoms with E-state index >= 15 is 0 Å². The van der Waals surface area contributed by atoms with Crippen LogP contribution in [0.15, 0.2) is 167 Å². The number of carbonyl (C=O) groups is 4. The fourth-order valence-electron chi connectivity index (χ4n) is 9.17. The van der Waals surface area contributed by atoms with Crippen LogP contribution in [0.4, 0.5) is 0 Å². The first-order valence-electron chi connectivity index (χ1n) is 25.4. The first-order chi connectivity index (χ1) is 35.2. The van der Waals surface area contributed by atoms with Crippen molar-refractivity contribution in [2.24, 2.45) is 11.8 Å². The summed E-state index contributed by atoms with van der Waals surface area (Å²) in [6, 6.07) is 49.3. The quantitative estimate of drug-likeness (QED) is 0.0891. The van der Waals surface area contributed by atoms with Crippen molar-refractivity contribution in [2.75, 3.05) is 7.11 Å². The monoisotopic (exact) mass is 1010 g/mol. The van der Waals surface area contributed by atoms with Gasteiger partial charge in [-0.05, 0) is 105 Å². The highest BCUT2D eigenvalue weighted by atomic mass is 32.2. The second kappa shape index (κ2) is 26.8. The van der Waals surface area contributed by atoms with E-state index in [1.165, 1.54) is 48.0 Å². The number of aryl methyl sites for hydroxylation is 5. The Labute approximate surface area is 440 Å². The molecule has 0 spiro atoms. The van der Waals surface area contributed by atoms with Gasteiger partial charge in [-0.15, -0.1) is 23.1 Å². The zero-order chi connectivity index (χ0) is 52.6. The van der Waals surface area contributed by atoms with Crippen LogP contribution in [-0.2, 0) is 17.6 Å². The van der Waals surface area contributed by atoms with Crippen LogP contribution in [0.25, 0.3) is 20.2 Å². The maximum Gasteiger partial charge on any atom is 0.338 e. The van der Waals surface area contributed by atoms with Gasteiger partial charge in [0, 0.05) is 64.1 Å². The third kappa shape index (κ3) is 14.3. The summed E-state index contributed by atoms with van der Waals surface area (Å²) in [7, 11) is 1.30. The van der Waals surface area contributed by atoms with Crippen LogP contribution >= 0.6 is 23.1 Å². The molecule has 2 aliphatic rings. The van der Waals surface area contributed by atoms with Gasteiger partial charge in [0.25, 0.3) is 0 Å². The van der Waals surface area contributed by atoms with Crippen molar-refractivity contribution < 1.29 is 23.9 Å². The van der Waals surface area contributed by atoms with Gasteiger partial charge in [0.05, 0.1) is 12.7 Å². The number of methoxy groups -OCH3 is 1. The number of benzene rings is 7. The predicted molar refractivity (Wildman–Crippen MR) is 305 cm³/mol. The van der Waals surface area contributed by atoms with Crippen molar-refractivity contribution in [3.8, 4) is 0 Å². The zero-order valence-electron chi connectivity index (χ0n) is 43.8. The summed E-state index contributed by atoms with van der Waals surface area (Å²) in [6.45, 7) is 16.8. The van der Waals surface area contributed by atoms with Gasteiger partial charge in [-0.2, -0.15) is 0 Å². The summed E-state index contributed by atoms with van der Waals surface area (Å²) >= 11 is 3.66. The molecule has 0 amide bonds. The van der Waals surface area contributed by atoms with Gasteiger partial charge < -0.3 is 4.74 Å². The van der Waals surface area contributed by atoms with Crippen molar-refractivity contribution in [3.63, 3.8) is 0 Å². The predicted octanol–water partition coefficient (Wildman–Crippen LogP) is 16.3. The number of hydrogen-bond acceptors (Lipinski definition) is 8. The molecule has 2 heterocycles. The van der Waals surface area contributed by atoms with Crippen molar-refractivity contribution in [1.82, 2.24) is 0 Å². The molecule has 2 unspecified atom stereocenters. The van der Waals surface area contributed by atoms with Gasteiger partial charge in [-0.3, -0.25) is 19.2 Å². The maximum absolute atomic E-state index is 12.6. The molecule has 6 nitrogen and oxygen atoms in total. The summed E-state index contributed by atoms with van der Waals surface area (Å²) in [5.74, 6) is 0.958. The number of carbonyl (C=O) groups excluding carboxylic acids is 4. The second-order valence-corrected chi connectivity index (χ2v) is 21.4. The molecule has 1 saturated carbocycles. The van der Waals surface area contributed by atoms with Crippen LogP contribution in [0.1, 0.15) is 141 Å². The van der Waals surface area contributed by atoms with Gasteiger partial charge in [0.15, 0.2) is 22.8 Å². The number of fused-ring (bicyclic) bond motifs is 4. The van der Waals surface area contributed by atoms with Crippen LogP contribution < -0.4 is 5.43 Å². The number of Topliss-reactive ketones (excluding diaryl/α,β-unsaturated/α-hetero) is 1. The number of ketones is 3. The van der Waals surface area contributed by atoms with E-state index in [1.807, 2.05) is 104 Å². The van der Waals surface area contributed by atoms with E-state index in [4.69, 9.17) is 0 Å². The molecule has 0 radical (unpaired) electrons. The third-order valence-electron chi connectivity index (χ3n) is 12.6. The lowest BCUT2D eigenvalue weighted by Gasteiger charge is -2.34. The molecule has 1 aromatic heterocycles. The van der Waals surface area contributed by atoms with Gasteiger partial charge in [-0.1, -0.05) is 180 Å². The SMILES string of the molecule is CC(C)C.CCc1cc(CC)c2sc3ccccc3c(=O)c2c1.COC(=O)c1ccccc1C(=O)c1ccccc1.Cc1cc(C)c(C(=O)c2ccccc2)c(C)c1.O=C1c2ccccc2SC2CCCCC12. The van der Waals surface area contributed by atoms with Crippen LogP contribution in [0, 0.1) is 32.6 Å². The van der Waals surface area contributed by atoms with Gasteiger partial charge >= 0.3 is 5.97 Å². The smallest absolute Gasteiger partial charge is 0.338 e. The van der Waals surface area contributed by atoms with E-state index in [-0.39, 0.29) is 22.6 Å². The molecule has 0 N–H and O–H groups in total. The number of thioether (sulfide) groups is 1. The lowest BCUT2D eigenvalue weighted by molar-refractivity contribution is 0.0597. The molecule has 7 aromatic carbocycles. The van der Waals surface area contributed by atoms with Crippen molar-refractivity contribution in [3.05, 3.63) is 229 Å². The summed E-state index contributed by atoms with van der Waals surface area (Å²) < 4.78 is 6.91. The largest absolute Gasteiger partial charge is 0.465 e. The van der Waals surface area contributed by atoms with Crippen LogP contribution in [0.5, 0.6) is 0 Å². The molecule has 1 aliphatic heterocycles. The highest BCUT2D eigenvalue weighted by molar-refractivity contribution is 8.00. The van der Waals surface area contributed by atoms with E-state index < -0.39 is 5.97 Å². The lowest BCUT2D eigenvalue weighted by atomic mass is 9.83. The summed E-state index contributed by atoms with van der Waals surface area (Å²) in [5, 5.41) is 2.29. The molecule has 2 atom stereocenters. The van der Waals surface area contributed by atoms with Gasteiger partial charge in [-0.25, -0.2) is 4.79 Å². The molecule has 8 heteroatoms. The zero-order valence-corrected chi connectivity index (χ0v) is 45.4. The normalized spacial score (nSPS) is 14.3. The highest BCUT2D eigenvalue weighted by Crippen LogP contribution is 2.45. The molecule has 8 aromatic rings. The number of hydrogen-bond donors (Lipinski definition) is 0. The van der Waals surface area contributed by atoms with E-state index in [1.54, 1.807) is 59.9 Å². The number of rotatable bonds is 7. The topological polar surface area (TPSA) is 94.6 Å². The Kier molecular flexibility index (Phi) is 20.4. The number of ether oxygens (including phenoxy) is 1. The molecular weight excluding hydrogens is 941 g/mol. The van der Waals surface area contributed by atoms with Gasteiger partial charge in [0.2, 0.25) is 0 Å². The molecule has 376 valence electrons. The minimum absolute atomic E-state index is 0.112. The molecule has 1 aliphatic carbocycles. The third-order valence-corrected chi connectivity index (χ3v) is 15.4.